The second-order valence-corrected chi connectivity index (χ2v) is 4.49. The topological polar surface area (TPSA) is 39.9 Å². The third kappa shape index (κ3) is 2.43. The Kier molecular flexibility index (Phi) is 3.51. The van der Waals surface area contributed by atoms with Crippen molar-refractivity contribution in [2.45, 2.75) is 0 Å². The zero-order chi connectivity index (χ0) is 14.7. The summed E-state index contributed by atoms with van der Waals surface area (Å²) in [4.78, 5) is 0. The first-order chi connectivity index (χ1) is 10.3. The van der Waals surface area contributed by atoms with E-state index in [-0.39, 0.29) is 0 Å². The molecule has 0 aliphatic carbocycles. The normalized spacial score (nSPS) is 10.3. The third-order valence-electron chi connectivity index (χ3n) is 3.23. The number of hydrogen-bond donors (Lipinski definition) is 0. The van der Waals surface area contributed by atoms with E-state index in [4.69, 9.17) is 4.74 Å². The van der Waals surface area contributed by atoms with Gasteiger partial charge in [0, 0.05) is 11.3 Å². The lowest BCUT2D eigenvalue weighted by Gasteiger charge is -2.09. The summed E-state index contributed by atoms with van der Waals surface area (Å²) >= 11 is 0. The molecular weight excluding hydrogens is 262 g/mol. The second-order valence-electron chi connectivity index (χ2n) is 4.49. The Morgan fingerprint density at radius 2 is 1.71 bits per heavy atom. The van der Waals surface area contributed by atoms with E-state index < -0.39 is 0 Å². The van der Waals surface area contributed by atoms with Gasteiger partial charge in [-0.25, -0.2) is 0 Å². The first-order valence-corrected chi connectivity index (χ1v) is 6.61. The number of aromatic nitrogens is 3. The van der Waals surface area contributed by atoms with E-state index in [1.54, 1.807) is 13.2 Å². The molecule has 0 atom stereocenters. The highest BCUT2D eigenvalue weighted by atomic mass is 16.5. The Hall–Kier alpha value is -2.88. The third-order valence-corrected chi connectivity index (χ3v) is 3.23. The fourth-order valence-electron chi connectivity index (χ4n) is 2.19. The molecule has 0 radical (unpaired) electrons. The molecule has 2 aromatic carbocycles. The average Bonchev–Trinajstić information content (AvgIpc) is 2.99. The SMILES string of the molecule is C=Cc1nnc(-c2ccc(OC)cc2)n1-c1ccccc1. The molecule has 3 rings (SSSR count). The lowest BCUT2D eigenvalue weighted by molar-refractivity contribution is 0.415. The fraction of sp³-hybridized carbons (Fsp3) is 0.0588. The van der Waals surface area contributed by atoms with Crippen molar-refractivity contribution < 1.29 is 4.74 Å². The van der Waals surface area contributed by atoms with Crippen molar-refractivity contribution in [2.24, 2.45) is 0 Å². The molecule has 0 aliphatic rings. The summed E-state index contributed by atoms with van der Waals surface area (Å²) in [6, 6.07) is 17.7. The molecule has 0 spiro atoms. The molecule has 104 valence electrons. The largest absolute Gasteiger partial charge is 0.497 e. The van der Waals surface area contributed by atoms with E-state index in [0.717, 1.165) is 22.8 Å². The molecule has 21 heavy (non-hydrogen) atoms. The van der Waals surface area contributed by atoms with Crippen LogP contribution in [0.5, 0.6) is 5.75 Å². The molecule has 0 unspecified atom stereocenters. The number of rotatable bonds is 4. The van der Waals surface area contributed by atoms with Crippen molar-refractivity contribution >= 4 is 6.08 Å². The first kappa shape index (κ1) is 13.1. The van der Waals surface area contributed by atoms with Crippen LogP contribution in [0.1, 0.15) is 5.82 Å². The van der Waals surface area contributed by atoms with Gasteiger partial charge in [0.2, 0.25) is 0 Å². The summed E-state index contributed by atoms with van der Waals surface area (Å²) in [5, 5.41) is 8.48. The number of ether oxygens (including phenoxy) is 1. The molecule has 1 aromatic heterocycles. The molecule has 0 amide bonds. The predicted octanol–water partition coefficient (Wildman–Crippen LogP) is 3.59. The summed E-state index contributed by atoms with van der Waals surface area (Å²) in [7, 11) is 1.65. The average molecular weight is 277 g/mol. The molecule has 3 aromatic rings. The maximum Gasteiger partial charge on any atom is 0.168 e. The molecule has 1 heterocycles. The summed E-state index contributed by atoms with van der Waals surface area (Å²) in [5.74, 6) is 2.30. The van der Waals surface area contributed by atoms with E-state index >= 15 is 0 Å². The van der Waals surface area contributed by atoms with Crippen LogP contribution in [0.15, 0.2) is 61.2 Å². The summed E-state index contributed by atoms with van der Waals surface area (Å²) in [5.41, 5.74) is 1.98. The van der Waals surface area contributed by atoms with Gasteiger partial charge in [-0.2, -0.15) is 0 Å². The highest BCUT2D eigenvalue weighted by molar-refractivity contribution is 5.62. The molecule has 0 fully saturated rings. The van der Waals surface area contributed by atoms with Crippen molar-refractivity contribution in [3.8, 4) is 22.8 Å². The quantitative estimate of drug-likeness (QED) is 0.731. The van der Waals surface area contributed by atoms with E-state index in [1.807, 2.05) is 59.2 Å². The van der Waals surface area contributed by atoms with Gasteiger partial charge in [-0.15, -0.1) is 10.2 Å². The molecule has 0 aliphatic heterocycles. The van der Waals surface area contributed by atoms with Crippen LogP contribution in [0.25, 0.3) is 23.2 Å². The molecule has 4 heteroatoms. The van der Waals surface area contributed by atoms with Gasteiger partial charge >= 0.3 is 0 Å². The van der Waals surface area contributed by atoms with Crippen LogP contribution in [0.4, 0.5) is 0 Å². The van der Waals surface area contributed by atoms with E-state index in [2.05, 4.69) is 16.8 Å². The monoisotopic (exact) mass is 277 g/mol. The first-order valence-electron chi connectivity index (χ1n) is 6.61. The van der Waals surface area contributed by atoms with Gasteiger partial charge in [0.25, 0.3) is 0 Å². The smallest absolute Gasteiger partial charge is 0.168 e. The van der Waals surface area contributed by atoms with E-state index in [9.17, 15) is 0 Å². The maximum absolute atomic E-state index is 5.19. The summed E-state index contributed by atoms with van der Waals surface area (Å²) in [6.07, 6.45) is 1.70. The van der Waals surface area contributed by atoms with Crippen LogP contribution in [0, 0.1) is 0 Å². The van der Waals surface area contributed by atoms with Crippen LogP contribution >= 0.6 is 0 Å². The zero-order valence-electron chi connectivity index (χ0n) is 11.7. The van der Waals surface area contributed by atoms with Gasteiger partial charge in [-0.1, -0.05) is 24.8 Å². The highest BCUT2D eigenvalue weighted by Gasteiger charge is 2.13. The van der Waals surface area contributed by atoms with Crippen LogP contribution in [-0.4, -0.2) is 21.9 Å². The van der Waals surface area contributed by atoms with Gasteiger partial charge in [-0.05, 0) is 42.5 Å². The minimum absolute atomic E-state index is 0.715. The summed E-state index contributed by atoms with van der Waals surface area (Å²) < 4.78 is 7.17. The minimum Gasteiger partial charge on any atom is -0.497 e. The van der Waals surface area contributed by atoms with E-state index in [1.165, 1.54) is 0 Å². The van der Waals surface area contributed by atoms with Crippen LogP contribution in [0.3, 0.4) is 0 Å². The van der Waals surface area contributed by atoms with Crippen molar-refractivity contribution in [3.05, 3.63) is 67.0 Å². The summed E-state index contributed by atoms with van der Waals surface area (Å²) in [6.45, 7) is 3.81. The van der Waals surface area contributed by atoms with Gasteiger partial charge in [-0.3, -0.25) is 4.57 Å². The number of hydrogen-bond acceptors (Lipinski definition) is 3. The van der Waals surface area contributed by atoms with Crippen molar-refractivity contribution in [1.82, 2.24) is 14.8 Å². The fourth-order valence-corrected chi connectivity index (χ4v) is 2.19. The van der Waals surface area contributed by atoms with Gasteiger partial charge in [0.1, 0.15) is 5.75 Å². The number of nitrogens with zero attached hydrogens (tertiary/aromatic N) is 3. The molecule has 0 saturated heterocycles. The van der Waals surface area contributed by atoms with Gasteiger partial charge < -0.3 is 4.74 Å². The number of methoxy groups -OCH3 is 1. The second kappa shape index (κ2) is 5.63. The van der Waals surface area contributed by atoms with Gasteiger partial charge in [0.05, 0.1) is 7.11 Å². The Morgan fingerprint density at radius 3 is 2.33 bits per heavy atom. The molecule has 0 bridgehead atoms. The van der Waals surface area contributed by atoms with E-state index in [0.29, 0.717) is 5.82 Å². The minimum atomic E-state index is 0.715. The van der Waals surface area contributed by atoms with Crippen molar-refractivity contribution in [1.29, 1.82) is 0 Å². The predicted molar refractivity (Wildman–Crippen MR) is 83.4 cm³/mol. The molecule has 4 nitrogen and oxygen atoms in total. The Bertz CT molecular complexity index is 745. The Balaban J connectivity index is 2.15. The standard InChI is InChI=1S/C17H15N3O/c1-3-16-18-19-17(13-9-11-15(21-2)12-10-13)20(16)14-7-5-4-6-8-14/h3-12H,1H2,2H3. The number of benzene rings is 2. The van der Waals surface area contributed by atoms with Crippen molar-refractivity contribution in [3.63, 3.8) is 0 Å². The Labute approximate surface area is 123 Å². The molecule has 0 N–H and O–H groups in total. The lowest BCUT2D eigenvalue weighted by atomic mass is 10.2. The van der Waals surface area contributed by atoms with Crippen LogP contribution in [0.2, 0.25) is 0 Å². The number of para-hydroxylation sites is 1. The Morgan fingerprint density at radius 1 is 1.00 bits per heavy atom. The lowest BCUT2D eigenvalue weighted by Crippen LogP contribution is -1.99. The van der Waals surface area contributed by atoms with Crippen molar-refractivity contribution in [2.75, 3.05) is 7.11 Å². The highest BCUT2D eigenvalue weighted by Crippen LogP contribution is 2.25. The maximum atomic E-state index is 5.19. The van der Waals surface area contributed by atoms with Crippen LogP contribution < -0.4 is 4.74 Å². The molecular formula is C17H15N3O. The van der Waals surface area contributed by atoms with Gasteiger partial charge in [0.15, 0.2) is 11.6 Å². The van der Waals surface area contributed by atoms with Crippen LogP contribution in [-0.2, 0) is 0 Å². The zero-order valence-corrected chi connectivity index (χ0v) is 11.7. The molecule has 0 saturated carbocycles.